The second-order valence-electron chi connectivity index (χ2n) is 7.14. The summed E-state index contributed by atoms with van der Waals surface area (Å²) in [5, 5.41) is 0.815. The fourth-order valence-electron chi connectivity index (χ4n) is 4.07. The van der Waals surface area contributed by atoms with Crippen molar-refractivity contribution in [2.24, 2.45) is 11.8 Å². The molecular weight excluding hydrogens is 358 g/mol. The predicted molar refractivity (Wildman–Crippen MR) is 99.7 cm³/mol. The second kappa shape index (κ2) is 6.34. The van der Waals surface area contributed by atoms with Crippen molar-refractivity contribution in [3.63, 3.8) is 0 Å². The summed E-state index contributed by atoms with van der Waals surface area (Å²) in [4.78, 5) is 15.3. The first-order chi connectivity index (χ1) is 11.9. The van der Waals surface area contributed by atoms with Gasteiger partial charge in [0, 0.05) is 24.0 Å². The van der Waals surface area contributed by atoms with E-state index in [-0.39, 0.29) is 5.78 Å². The van der Waals surface area contributed by atoms with Gasteiger partial charge in [-0.15, -0.1) is 0 Å². The number of hydrogen-bond acceptors (Lipinski definition) is 6. The number of sulfonamides is 1. The topological polar surface area (TPSA) is 79.4 Å². The van der Waals surface area contributed by atoms with Gasteiger partial charge in [-0.25, -0.2) is 8.42 Å². The minimum absolute atomic E-state index is 0.105. The molecule has 3 aliphatic rings. The molecule has 1 N–H and O–H groups in total. The minimum Gasteiger partial charge on any atom is -0.303 e. The smallest absolute Gasteiger partial charge is 0.229 e. The number of nitrogens with one attached hydrogen (secondary N) is 1. The second-order valence-corrected chi connectivity index (χ2v) is 9.70. The molecule has 0 unspecified atom stereocenters. The molecule has 2 aromatic rings. The summed E-state index contributed by atoms with van der Waals surface area (Å²) in [6.45, 7) is 3.37. The average molecular weight is 380 g/mol. The highest BCUT2D eigenvalue weighted by Gasteiger charge is 2.35. The van der Waals surface area contributed by atoms with Gasteiger partial charge in [0.05, 0.1) is 11.0 Å². The number of aromatic nitrogens is 1. The number of hydrogen-bond donors (Lipinski definition) is 1. The molecule has 25 heavy (non-hydrogen) atoms. The lowest BCUT2D eigenvalue weighted by Gasteiger charge is -2.44. The van der Waals surface area contributed by atoms with E-state index in [2.05, 4.69) is 14.0 Å². The molecule has 5 rings (SSSR count). The molecule has 1 atom stereocenters. The molecule has 2 bridgehead atoms. The van der Waals surface area contributed by atoms with Crippen LogP contribution in [0.4, 0.5) is 5.69 Å². The van der Waals surface area contributed by atoms with Gasteiger partial charge in [-0.2, -0.15) is 4.37 Å². The van der Waals surface area contributed by atoms with Crippen LogP contribution in [0.3, 0.4) is 0 Å². The maximum Gasteiger partial charge on any atom is 0.229 e. The number of fused-ring (bicyclic) bond motifs is 4. The fourth-order valence-corrected chi connectivity index (χ4v) is 5.46. The van der Waals surface area contributed by atoms with Crippen LogP contribution >= 0.6 is 11.5 Å². The number of carbonyl (C=O) groups is 1. The monoisotopic (exact) mass is 379 g/mol. The molecule has 1 aromatic heterocycles. The highest BCUT2D eigenvalue weighted by Crippen LogP contribution is 2.36. The molecule has 0 radical (unpaired) electrons. The normalized spacial score (nSPS) is 26.0. The van der Waals surface area contributed by atoms with Crippen LogP contribution in [-0.2, 0) is 10.0 Å². The molecular formula is C17H21N3O3S2. The summed E-state index contributed by atoms with van der Waals surface area (Å²) >= 11 is 1.24. The van der Waals surface area contributed by atoms with Crippen LogP contribution in [0.25, 0.3) is 10.1 Å². The van der Waals surface area contributed by atoms with Gasteiger partial charge in [-0.05, 0) is 67.5 Å². The third-order valence-electron chi connectivity index (χ3n) is 5.28. The Morgan fingerprint density at radius 2 is 2.12 bits per heavy atom. The van der Waals surface area contributed by atoms with Gasteiger partial charge in [-0.1, -0.05) is 0 Å². The van der Waals surface area contributed by atoms with Gasteiger partial charge in [0.1, 0.15) is 5.69 Å². The lowest BCUT2D eigenvalue weighted by molar-refractivity contribution is 0.0440. The Kier molecular flexibility index (Phi) is 4.29. The van der Waals surface area contributed by atoms with Crippen molar-refractivity contribution in [2.75, 3.05) is 30.6 Å². The number of benzene rings is 1. The quantitative estimate of drug-likeness (QED) is 0.808. The van der Waals surface area contributed by atoms with Gasteiger partial charge in [0.25, 0.3) is 0 Å². The van der Waals surface area contributed by atoms with Crippen LogP contribution in [0.5, 0.6) is 0 Å². The van der Waals surface area contributed by atoms with E-state index in [1.54, 1.807) is 18.2 Å². The van der Waals surface area contributed by atoms with Crippen LogP contribution < -0.4 is 4.72 Å². The summed E-state index contributed by atoms with van der Waals surface area (Å²) in [5.74, 6) is 1.22. The molecule has 8 heteroatoms. The Morgan fingerprint density at radius 3 is 2.76 bits per heavy atom. The van der Waals surface area contributed by atoms with Crippen molar-refractivity contribution in [1.29, 1.82) is 0 Å². The summed E-state index contributed by atoms with van der Waals surface area (Å²) < 4.78 is 30.3. The number of rotatable bonds is 5. The third kappa shape index (κ3) is 3.56. The number of Topliss-reactive ketones (excluding diaryl/α,β-unsaturated/α-hetero) is 1. The van der Waals surface area contributed by atoms with E-state index in [0.717, 1.165) is 22.9 Å². The van der Waals surface area contributed by atoms with Crippen LogP contribution in [0.1, 0.15) is 29.8 Å². The van der Waals surface area contributed by atoms with Gasteiger partial charge in [-0.3, -0.25) is 9.52 Å². The van der Waals surface area contributed by atoms with Crippen molar-refractivity contribution in [3.05, 3.63) is 23.9 Å². The molecule has 0 spiro atoms. The molecule has 1 aromatic carbocycles. The molecule has 0 saturated carbocycles. The summed E-state index contributed by atoms with van der Waals surface area (Å²) in [7, 11) is -3.32. The zero-order valence-corrected chi connectivity index (χ0v) is 15.7. The Balaban J connectivity index is 1.54. The number of anilines is 1. The SMILES string of the molecule is CS(=O)(=O)Nc1ccc2c(C(=O)C[C@H]3CN4CCC3CC4)nsc2c1. The maximum atomic E-state index is 12.8. The van der Waals surface area contributed by atoms with Gasteiger partial charge < -0.3 is 4.90 Å². The van der Waals surface area contributed by atoms with E-state index in [0.29, 0.717) is 29.6 Å². The molecule has 4 heterocycles. The van der Waals surface area contributed by atoms with Crippen molar-refractivity contribution < 1.29 is 13.2 Å². The zero-order chi connectivity index (χ0) is 17.6. The molecule has 3 aliphatic heterocycles. The first-order valence-electron chi connectivity index (χ1n) is 8.52. The molecule has 6 nitrogen and oxygen atoms in total. The van der Waals surface area contributed by atoms with Crippen LogP contribution in [-0.4, -0.2) is 49.4 Å². The number of carbonyl (C=O) groups excluding carboxylic acids is 1. The summed E-state index contributed by atoms with van der Waals surface area (Å²) in [5.41, 5.74) is 1.03. The lowest BCUT2D eigenvalue weighted by Crippen LogP contribution is -2.47. The van der Waals surface area contributed by atoms with Gasteiger partial charge in [0.2, 0.25) is 10.0 Å². The first kappa shape index (κ1) is 16.9. The molecule has 0 amide bonds. The van der Waals surface area contributed by atoms with E-state index < -0.39 is 10.0 Å². The molecule has 0 aliphatic carbocycles. The van der Waals surface area contributed by atoms with Crippen molar-refractivity contribution in [1.82, 2.24) is 9.27 Å². The number of ketones is 1. The van der Waals surface area contributed by atoms with E-state index in [1.165, 1.54) is 37.5 Å². The minimum atomic E-state index is -3.32. The van der Waals surface area contributed by atoms with Crippen LogP contribution in [0.15, 0.2) is 18.2 Å². The lowest BCUT2D eigenvalue weighted by atomic mass is 9.76. The van der Waals surface area contributed by atoms with E-state index in [9.17, 15) is 13.2 Å². The number of piperidine rings is 3. The Bertz CT molecular complexity index is 914. The maximum absolute atomic E-state index is 12.8. The Labute approximate surface area is 151 Å². The largest absolute Gasteiger partial charge is 0.303 e. The highest BCUT2D eigenvalue weighted by molar-refractivity contribution is 7.92. The molecule has 3 saturated heterocycles. The summed E-state index contributed by atoms with van der Waals surface area (Å²) in [6, 6.07) is 5.21. The van der Waals surface area contributed by atoms with E-state index in [1.807, 2.05) is 0 Å². The van der Waals surface area contributed by atoms with E-state index in [4.69, 9.17) is 0 Å². The van der Waals surface area contributed by atoms with Crippen LogP contribution in [0, 0.1) is 11.8 Å². The zero-order valence-electron chi connectivity index (χ0n) is 14.1. The predicted octanol–water partition coefficient (Wildman–Crippen LogP) is 2.58. The van der Waals surface area contributed by atoms with Crippen molar-refractivity contribution in [2.45, 2.75) is 19.3 Å². The first-order valence-corrected chi connectivity index (χ1v) is 11.2. The average Bonchev–Trinajstić information content (AvgIpc) is 2.97. The van der Waals surface area contributed by atoms with Gasteiger partial charge >= 0.3 is 0 Å². The molecule has 134 valence electrons. The van der Waals surface area contributed by atoms with Gasteiger partial charge in [0.15, 0.2) is 5.78 Å². The standard InChI is InChI=1S/C17H21N3O3S2/c1-25(22,23)19-13-2-3-14-16(9-13)24-18-17(14)15(21)8-12-10-20-6-4-11(12)5-7-20/h2-3,9,11-12,19H,4-8,10H2,1H3/t12-/m0/s1. The number of nitrogens with zero attached hydrogens (tertiary/aromatic N) is 2. The Hall–Kier alpha value is -1.51. The molecule has 3 fully saturated rings. The van der Waals surface area contributed by atoms with E-state index >= 15 is 0 Å². The summed E-state index contributed by atoms with van der Waals surface area (Å²) in [6.07, 6.45) is 4.09. The highest BCUT2D eigenvalue weighted by atomic mass is 32.2. The Morgan fingerprint density at radius 1 is 1.36 bits per heavy atom. The third-order valence-corrected chi connectivity index (χ3v) is 6.69. The van der Waals surface area contributed by atoms with Crippen molar-refractivity contribution in [3.8, 4) is 0 Å². The van der Waals surface area contributed by atoms with Crippen molar-refractivity contribution >= 4 is 43.1 Å². The van der Waals surface area contributed by atoms with Crippen LogP contribution in [0.2, 0.25) is 0 Å². The fraction of sp³-hybridized carbons (Fsp3) is 0.529.